The van der Waals surface area contributed by atoms with Gasteiger partial charge in [0.1, 0.15) is 11.5 Å². The van der Waals surface area contributed by atoms with Crippen LogP contribution in [0.2, 0.25) is 0 Å². The number of phenols is 1. The number of aliphatic hydroxyl groups excluding tert-OH is 1. The minimum Gasteiger partial charge on any atom is -0.508 e. The number of aliphatic hydroxyl groups is 1. The van der Waals surface area contributed by atoms with Crippen molar-refractivity contribution < 1.29 is 15.0 Å². The number of Topliss-reactive ketones (excluding diaryl/α,β-unsaturated/α-hetero) is 1. The van der Waals surface area contributed by atoms with Gasteiger partial charge in [-0.2, -0.15) is 0 Å². The molecule has 2 rings (SSSR count). The van der Waals surface area contributed by atoms with Gasteiger partial charge in [-0.15, -0.1) is 0 Å². The molecular formula is C14H14O3. The Kier molecular flexibility index (Phi) is 3.11. The minimum atomic E-state index is -0.759. The first kappa shape index (κ1) is 11.6. The molecule has 0 bridgehead atoms. The zero-order chi connectivity index (χ0) is 12.4. The van der Waals surface area contributed by atoms with Gasteiger partial charge in [0, 0.05) is 6.42 Å². The Hall–Kier alpha value is -1.87. The van der Waals surface area contributed by atoms with E-state index in [1.54, 1.807) is 24.3 Å². The SMILES string of the molecule is CC(=O)CC(O)c1ccc2cc(O)ccc2c1. The number of carbonyl (C=O) groups is 1. The summed E-state index contributed by atoms with van der Waals surface area (Å²) in [6.45, 7) is 1.46. The van der Waals surface area contributed by atoms with Crippen LogP contribution in [0.5, 0.6) is 5.75 Å². The molecule has 0 saturated heterocycles. The second-order valence-corrected chi connectivity index (χ2v) is 4.21. The molecule has 0 aliphatic heterocycles. The molecule has 1 unspecified atom stereocenters. The molecule has 88 valence electrons. The standard InChI is InChI=1S/C14H14O3/c1-9(15)6-14(17)12-3-2-11-8-13(16)5-4-10(11)7-12/h2-5,7-8,14,16-17H,6H2,1H3. The van der Waals surface area contributed by atoms with Crippen LogP contribution in [-0.4, -0.2) is 16.0 Å². The molecule has 0 aliphatic carbocycles. The minimum absolute atomic E-state index is 0.0386. The number of hydrogen-bond acceptors (Lipinski definition) is 3. The highest BCUT2D eigenvalue weighted by Gasteiger charge is 2.10. The van der Waals surface area contributed by atoms with Gasteiger partial charge in [0.15, 0.2) is 0 Å². The van der Waals surface area contributed by atoms with Crippen molar-refractivity contribution >= 4 is 16.6 Å². The smallest absolute Gasteiger partial charge is 0.132 e. The van der Waals surface area contributed by atoms with E-state index in [1.165, 1.54) is 6.92 Å². The first-order valence-electron chi connectivity index (χ1n) is 5.46. The summed E-state index contributed by atoms with van der Waals surface area (Å²) >= 11 is 0. The molecule has 3 nitrogen and oxygen atoms in total. The predicted molar refractivity (Wildman–Crippen MR) is 65.9 cm³/mol. The van der Waals surface area contributed by atoms with Crippen LogP contribution in [0.15, 0.2) is 36.4 Å². The van der Waals surface area contributed by atoms with Gasteiger partial charge in [-0.25, -0.2) is 0 Å². The Morgan fingerprint density at radius 2 is 1.82 bits per heavy atom. The Morgan fingerprint density at radius 1 is 1.18 bits per heavy atom. The highest BCUT2D eigenvalue weighted by Crippen LogP contribution is 2.25. The van der Waals surface area contributed by atoms with Crippen LogP contribution >= 0.6 is 0 Å². The lowest BCUT2D eigenvalue weighted by Crippen LogP contribution is -2.02. The fraction of sp³-hybridized carbons (Fsp3) is 0.214. The molecule has 0 aromatic heterocycles. The number of ketones is 1. The van der Waals surface area contributed by atoms with E-state index in [-0.39, 0.29) is 18.0 Å². The molecule has 17 heavy (non-hydrogen) atoms. The third kappa shape index (κ3) is 2.63. The summed E-state index contributed by atoms with van der Waals surface area (Å²) in [7, 11) is 0. The summed E-state index contributed by atoms with van der Waals surface area (Å²) in [5.74, 6) is 0.179. The average molecular weight is 230 g/mol. The first-order chi connectivity index (χ1) is 8.06. The second kappa shape index (κ2) is 4.55. The largest absolute Gasteiger partial charge is 0.508 e. The van der Waals surface area contributed by atoms with Crippen LogP contribution < -0.4 is 0 Å². The summed E-state index contributed by atoms with van der Waals surface area (Å²) in [5, 5.41) is 21.0. The monoisotopic (exact) mass is 230 g/mol. The molecule has 2 aromatic carbocycles. The maximum atomic E-state index is 10.9. The summed E-state index contributed by atoms with van der Waals surface area (Å²) in [4.78, 5) is 10.9. The lowest BCUT2D eigenvalue weighted by Gasteiger charge is -2.10. The highest BCUT2D eigenvalue weighted by atomic mass is 16.3. The van der Waals surface area contributed by atoms with Gasteiger partial charge >= 0.3 is 0 Å². The molecule has 0 amide bonds. The number of carbonyl (C=O) groups excluding carboxylic acids is 1. The lowest BCUT2D eigenvalue weighted by molar-refractivity contribution is -0.118. The Bertz CT molecular complexity index is 560. The molecule has 0 radical (unpaired) electrons. The molecule has 0 spiro atoms. The summed E-state index contributed by atoms with van der Waals surface area (Å²) in [6, 6.07) is 10.5. The van der Waals surface area contributed by atoms with E-state index >= 15 is 0 Å². The highest BCUT2D eigenvalue weighted by molar-refractivity contribution is 5.84. The topological polar surface area (TPSA) is 57.5 Å². The number of phenolic OH excluding ortho intramolecular Hbond substituents is 1. The molecular weight excluding hydrogens is 216 g/mol. The second-order valence-electron chi connectivity index (χ2n) is 4.21. The van der Waals surface area contributed by atoms with E-state index in [0.29, 0.717) is 0 Å². The van der Waals surface area contributed by atoms with Gasteiger partial charge in [-0.3, -0.25) is 4.79 Å². The van der Waals surface area contributed by atoms with Crippen molar-refractivity contribution in [2.45, 2.75) is 19.4 Å². The van der Waals surface area contributed by atoms with Gasteiger partial charge in [0.05, 0.1) is 6.10 Å². The Morgan fingerprint density at radius 3 is 2.53 bits per heavy atom. The predicted octanol–water partition coefficient (Wildman–Crippen LogP) is 2.56. The van der Waals surface area contributed by atoms with Crippen molar-refractivity contribution in [3.63, 3.8) is 0 Å². The number of rotatable bonds is 3. The Balaban J connectivity index is 2.37. The Labute approximate surface area is 99.3 Å². The first-order valence-corrected chi connectivity index (χ1v) is 5.46. The molecule has 0 aliphatic rings. The molecule has 0 fully saturated rings. The van der Waals surface area contributed by atoms with Crippen molar-refractivity contribution in [3.05, 3.63) is 42.0 Å². The van der Waals surface area contributed by atoms with Crippen molar-refractivity contribution in [2.24, 2.45) is 0 Å². The van der Waals surface area contributed by atoms with E-state index in [4.69, 9.17) is 0 Å². The molecule has 0 heterocycles. The number of fused-ring (bicyclic) bond motifs is 1. The summed E-state index contributed by atoms with van der Waals surface area (Å²) in [5.41, 5.74) is 0.721. The van der Waals surface area contributed by atoms with E-state index in [9.17, 15) is 15.0 Å². The van der Waals surface area contributed by atoms with Gasteiger partial charge in [-0.1, -0.05) is 18.2 Å². The van der Waals surface area contributed by atoms with Crippen LogP contribution in [0, 0.1) is 0 Å². The molecule has 3 heteroatoms. The van der Waals surface area contributed by atoms with Gasteiger partial charge in [0.2, 0.25) is 0 Å². The normalized spacial score (nSPS) is 12.6. The van der Waals surface area contributed by atoms with Crippen LogP contribution in [0.25, 0.3) is 10.8 Å². The fourth-order valence-electron chi connectivity index (χ4n) is 1.85. The van der Waals surface area contributed by atoms with Crippen molar-refractivity contribution in [1.82, 2.24) is 0 Å². The summed E-state index contributed by atoms with van der Waals surface area (Å²) < 4.78 is 0. The number of hydrogen-bond donors (Lipinski definition) is 2. The zero-order valence-corrected chi connectivity index (χ0v) is 9.55. The van der Waals surface area contributed by atoms with E-state index < -0.39 is 6.10 Å². The van der Waals surface area contributed by atoms with Gasteiger partial charge in [0.25, 0.3) is 0 Å². The van der Waals surface area contributed by atoms with E-state index in [2.05, 4.69) is 0 Å². The van der Waals surface area contributed by atoms with E-state index in [1.807, 2.05) is 12.1 Å². The average Bonchev–Trinajstić information content (AvgIpc) is 2.27. The quantitative estimate of drug-likeness (QED) is 0.852. The lowest BCUT2D eigenvalue weighted by atomic mass is 10.0. The van der Waals surface area contributed by atoms with Crippen LogP contribution in [0.3, 0.4) is 0 Å². The van der Waals surface area contributed by atoms with Crippen molar-refractivity contribution in [3.8, 4) is 5.75 Å². The number of aromatic hydroxyl groups is 1. The number of benzene rings is 2. The third-order valence-corrected chi connectivity index (χ3v) is 2.71. The van der Waals surface area contributed by atoms with E-state index in [0.717, 1.165) is 16.3 Å². The van der Waals surface area contributed by atoms with Gasteiger partial charge < -0.3 is 10.2 Å². The zero-order valence-electron chi connectivity index (χ0n) is 9.55. The maximum Gasteiger partial charge on any atom is 0.132 e. The van der Waals surface area contributed by atoms with Crippen molar-refractivity contribution in [1.29, 1.82) is 0 Å². The third-order valence-electron chi connectivity index (χ3n) is 2.71. The van der Waals surface area contributed by atoms with Crippen LogP contribution in [0.4, 0.5) is 0 Å². The molecule has 1 atom stereocenters. The van der Waals surface area contributed by atoms with Crippen LogP contribution in [-0.2, 0) is 4.79 Å². The van der Waals surface area contributed by atoms with Crippen molar-refractivity contribution in [2.75, 3.05) is 0 Å². The molecule has 0 saturated carbocycles. The molecule has 2 aromatic rings. The van der Waals surface area contributed by atoms with Crippen LogP contribution in [0.1, 0.15) is 25.0 Å². The molecule has 2 N–H and O–H groups in total. The van der Waals surface area contributed by atoms with Gasteiger partial charge in [-0.05, 0) is 41.5 Å². The summed E-state index contributed by atoms with van der Waals surface area (Å²) in [6.07, 6.45) is -0.630. The maximum absolute atomic E-state index is 10.9. The fourth-order valence-corrected chi connectivity index (χ4v) is 1.85.